The summed E-state index contributed by atoms with van der Waals surface area (Å²) >= 11 is 6.29. The number of halogens is 2. The molecule has 0 spiro atoms. The van der Waals surface area contributed by atoms with Crippen LogP contribution in [-0.2, 0) is 19.1 Å². The highest BCUT2D eigenvalue weighted by Gasteiger charge is 2.09. The molecular weight excluding hydrogens is 392 g/mol. The van der Waals surface area contributed by atoms with E-state index in [1.165, 1.54) is 23.8 Å². The van der Waals surface area contributed by atoms with Crippen molar-refractivity contribution < 1.29 is 19.1 Å². The third-order valence-electron chi connectivity index (χ3n) is 2.16. The van der Waals surface area contributed by atoms with Gasteiger partial charge in [0.05, 0.1) is 0 Å². The fourth-order valence-corrected chi connectivity index (χ4v) is 2.11. The predicted octanol–water partition coefficient (Wildman–Crippen LogP) is 4.20. The van der Waals surface area contributed by atoms with Crippen LogP contribution in [0.2, 0.25) is 0 Å². The Bertz CT molecular complexity index is 508. The zero-order valence-corrected chi connectivity index (χ0v) is 14.0. The molecule has 0 aliphatic heterocycles. The maximum absolute atomic E-state index is 11.0. The monoisotopic (exact) mass is 402 g/mol. The van der Waals surface area contributed by atoms with Crippen molar-refractivity contribution in [3.05, 3.63) is 45.4 Å². The molecule has 0 radical (unpaired) electrons. The Kier molecular flexibility index (Phi) is 6.67. The van der Waals surface area contributed by atoms with Crippen molar-refractivity contribution >= 4 is 55.3 Å². The quantitative estimate of drug-likeness (QED) is 0.558. The molecule has 1 rings (SSSR count). The Labute approximate surface area is 133 Å². The molecular formula is C14H12Br2O4. The zero-order chi connectivity index (χ0) is 15.1. The van der Waals surface area contributed by atoms with Crippen molar-refractivity contribution in [2.75, 3.05) is 0 Å². The Balaban J connectivity index is 2.98. The SMILES string of the molecule is CC(=O)O/C(=C\Br)c1ccc(/C(=C/Br)OC(C)=O)cc1. The Morgan fingerprint density at radius 1 is 0.850 bits per heavy atom. The van der Waals surface area contributed by atoms with Gasteiger partial charge in [0, 0.05) is 34.9 Å². The van der Waals surface area contributed by atoms with Gasteiger partial charge >= 0.3 is 11.9 Å². The van der Waals surface area contributed by atoms with Crippen LogP contribution in [0.25, 0.3) is 11.5 Å². The van der Waals surface area contributed by atoms with E-state index in [9.17, 15) is 9.59 Å². The van der Waals surface area contributed by atoms with Crippen LogP contribution in [0.1, 0.15) is 25.0 Å². The molecule has 6 heteroatoms. The Hall–Kier alpha value is -1.40. The first-order chi connectivity index (χ1) is 9.47. The summed E-state index contributed by atoms with van der Waals surface area (Å²) < 4.78 is 10.1. The second-order valence-electron chi connectivity index (χ2n) is 3.71. The molecule has 0 saturated heterocycles. The standard InChI is InChI=1S/C14H12Br2O4/c1-9(17)19-13(7-15)11-3-5-12(6-4-11)14(8-16)20-10(2)18/h3-8H,1-2H3/b13-7-,14-8-. The molecule has 1 aromatic rings. The van der Waals surface area contributed by atoms with Gasteiger partial charge in [-0.1, -0.05) is 56.1 Å². The Morgan fingerprint density at radius 3 is 1.35 bits per heavy atom. The molecule has 0 aromatic heterocycles. The predicted molar refractivity (Wildman–Crippen MR) is 83.8 cm³/mol. The van der Waals surface area contributed by atoms with Gasteiger partial charge in [-0.2, -0.15) is 0 Å². The minimum Gasteiger partial charge on any atom is -0.426 e. The van der Waals surface area contributed by atoms with Crippen LogP contribution in [0.15, 0.2) is 34.2 Å². The average molecular weight is 404 g/mol. The number of hydrogen-bond donors (Lipinski definition) is 0. The lowest BCUT2D eigenvalue weighted by molar-refractivity contribution is -0.135. The number of carbonyl (C=O) groups excluding carboxylic acids is 2. The highest BCUT2D eigenvalue weighted by molar-refractivity contribution is 9.11. The van der Waals surface area contributed by atoms with Crippen molar-refractivity contribution in [3.8, 4) is 0 Å². The van der Waals surface area contributed by atoms with Gasteiger partial charge in [0.25, 0.3) is 0 Å². The van der Waals surface area contributed by atoms with E-state index in [-0.39, 0.29) is 0 Å². The number of ether oxygens (including phenoxy) is 2. The van der Waals surface area contributed by atoms with Gasteiger partial charge in [-0.3, -0.25) is 9.59 Å². The molecule has 1 aromatic carbocycles. The summed E-state index contributed by atoms with van der Waals surface area (Å²) in [5.41, 5.74) is 1.44. The van der Waals surface area contributed by atoms with E-state index in [1.54, 1.807) is 24.3 Å². The molecule has 0 unspecified atom stereocenters. The largest absolute Gasteiger partial charge is 0.426 e. The van der Waals surface area contributed by atoms with Crippen LogP contribution in [0.3, 0.4) is 0 Å². The molecule has 0 N–H and O–H groups in total. The first-order valence-corrected chi connectivity index (χ1v) is 7.39. The molecule has 0 aliphatic carbocycles. The number of benzene rings is 1. The molecule has 106 valence electrons. The lowest BCUT2D eigenvalue weighted by Crippen LogP contribution is -2.00. The first-order valence-electron chi connectivity index (χ1n) is 5.56. The smallest absolute Gasteiger partial charge is 0.308 e. The third kappa shape index (κ3) is 4.94. The normalized spacial score (nSPS) is 12.0. The molecule has 0 saturated carbocycles. The number of carbonyl (C=O) groups is 2. The van der Waals surface area contributed by atoms with Crippen molar-refractivity contribution in [2.45, 2.75) is 13.8 Å². The summed E-state index contributed by atoms with van der Waals surface area (Å²) in [6.45, 7) is 2.66. The number of esters is 2. The molecule has 4 nitrogen and oxygen atoms in total. The van der Waals surface area contributed by atoms with Gasteiger partial charge < -0.3 is 9.47 Å². The molecule has 20 heavy (non-hydrogen) atoms. The minimum absolute atomic E-state index is 0.402. The lowest BCUT2D eigenvalue weighted by Gasteiger charge is -2.09. The van der Waals surface area contributed by atoms with E-state index in [4.69, 9.17) is 9.47 Å². The van der Waals surface area contributed by atoms with Crippen LogP contribution in [0.4, 0.5) is 0 Å². The Morgan fingerprint density at radius 2 is 1.15 bits per heavy atom. The summed E-state index contributed by atoms with van der Waals surface area (Å²) in [4.78, 5) is 25.0. The van der Waals surface area contributed by atoms with Crippen LogP contribution >= 0.6 is 31.9 Å². The fourth-order valence-electron chi connectivity index (χ4n) is 1.40. The maximum atomic E-state index is 11.0. The summed E-state index contributed by atoms with van der Waals surface area (Å²) in [5, 5.41) is 0. The molecule has 0 heterocycles. The van der Waals surface area contributed by atoms with Gasteiger partial charge in [0.2, 0.25) is 0 Å². The summed E-state index contributed by atoms with van der Waals surface area (Å²) in [6, 6.07) is 7.02. The van der Waals surface area contributed by atoms with Crippen molar-refractivity contribution in [1.29, 1.82) is 0 Å². The second-order valence-corrected chi connectivity index (χ2v) is 4.63. The fraction of sp³-hybridized carbons (Fsp3) is 0.143. The number of rotatable bonds is 4. The van der Waals surface area contributed by atoms with Gasteiger partial charge in [-0.05, 0) is 0 Å². The van der Waals surface area contributed by atoms with Gasteiger partial charge in [0.15, 0.2) is 0 Å². The summed E-state index contributed by atoms with van der Waals surface area (Å²) in [5.74, 6) is 0.00304. The molecule has 0 atom stereocenters. The van der Waals surface area contributed by atoms with Gasteiger partial charge in [-0.15, -0.1) is 0 Å². The highest BCUT2D eigenvalue weighted by atomic mass is 79.9. The van der Waals surface area contributed by atoms with E-state index in [2.05, 4.69) is 31.9 Å². The topological polar surface area (TPSA) is 52.6 Å². The maximum Gasteiger partial charge on any atom is 0.308 e. The lowest BCUT2D eigenvalue weighted by atomic mass is 10.1. The van der Waals surface area contributed by atoms with E-state index < -0.39 is 11.9 Å². The van der Waals surface area contributed by atoms with Crippen LogP contribution < -0.4 is 0 Å². The van der Waals surface area contributed by atoms with Crippen molar-refractivity contribution in [2.24, 2.45) is 0 Å². The van der Waals surface area contributed by atoms with Gasteiger partial charge in [0.1, 0.15) is 11.5 Å². The van der Waals surface area contributed by atoms with Crippen LogP contribution in [0.5, 0.6) is 0 Å². The first kappa shape index (κ1) is 16.7. The molecule has 0 aliphatic rings. The van der Waals surface area contributed by atoms with Crippen molar-refractivity contribution in [1.82, 2.24) is 0 Å². The van der Waals surface area contributed by atoms with Crippen molar-refractivity contribution in [3.63, 3.8) is 0 Å². The molecule has 0 amide bonds. The average Bonchev–Trinajstić information content (AvgIpc) is 2.42. The highest BCUT2D eigenvalue weighted by Crippen LogP contribution is 2.23. The molecule has 0 fully saturated rings. The third-order valence-corrected chi connectivity index (χ3v) is 2.99. The van der Waals surface area contributed by atoms with E-state index in [0.29, 0.717) is 11.5 Å². The van der Waals surface area contributed by atoms with E-state index in [0.717, 1.165) is 11.1 Å². The zero-order valence-electron chi connectivity index (χ0n) is 10.9. The van der Waals surface area contributed by atoms with Gasteiger partial charge in [-0.25, -0.2) is 0 Å². The van der Waals surface area contributed by atoms with E-state index in [1.807, 2.05) is 0 Å². The van der Waals surface area contributed by atoms with Crippen LogP contribution in [-0.4, -0.2) is 11.9 Å². The van der Waals surface area contributed by atoms with E-state index >= 15 is 0 Å². The number of hydrogen-bond acceptors (Lipinski definition) is 4. The summed E-state index contributed by atoms with van der Waals surface area (Å²) in [7, 11) is 0. The van der Waals surface area contributed by atoms with Crippen LogP contribution in [0, 0.1) is 0 Å². The second kappa shape index (κ2) is 8.01. The minimum atomic E-state index is -0.402. The summed E-state index contributed by atoms with van der Waals surface area (Å²) in [6.07, 6.45) is 0. The molecule has 0 bridgehead atoms.